The molecule has 5 rings (SSSR count). The van der Waals surface area contributed by atoms with Gasteiger partial charge in [-0.3, -0.25) is 19.0 Å². The number of carbonyl (C=O) groups is 2. The highest BCUT2D eigenvalue weighted by Crippen LogP contribution is 2.36. The minimum absolute atomic E-state index is 0.0657. The molecule has 0 saturated carbocycles. The third kappa shape index (κ3) is 4.85. The number of nitrogens with zero attached hydrogens (tertiary/aromatic N) is 2. The van der Waals surface area contributed by atoms with E-state index in [9.17, 15) is 14.4 Å². The maximum Gasteiger partial charge on any atom is 0.267 e. The molecule has 0 saturated heterocycles. The number of hydrogen-bond acceptors (Lipinski definition) is 6. The number of ketones is 1. The number of aryl methyl sites for hydroxylation is 2. The summed E-state index contributed by atoms with van der Waals surface area (Å²) in [6.07, 6.45) is 4.03. The van der Waals surface area contributed by atoms with Gasteiger partial charge in [-0.15, -0.1) is 11.3 Å². The summed E-state index contributed by atoms with van der Waals surface area (Å²) in [6, 6.07) is 13.9. The molecule has 1 N–H and O–H groups in total. The van der Waals surface area contributed by atoms with Crippen LogP contribution < -0.4 is 10.9 Å². The molecule has 0 unspecified atom stereocenters. The van der Waals surface area contributed by atoms with Gasteiger partial charge in [-0.05, 0) is 86.7 Å². The minimum atomic E-state index is -0.477. The number of nitrogens with one attached hydrogen (secondary N) is 1. The number of hydrogen-bond donors (Lipinski definition) is 1. The summed E-state index contributed by atoms with van der Waals surface area (Å²) in [5, 5.41) is 3.99. The molecule has 2 aromatic heterocycles. The number of fused-ring (bicyclic) bond motifs is 3. The van der Waals surface area contributed by atoms with E-state index in [0.29, 0.717) is 32.5 Å². The molecule has 4 aromatic rings. The highest BCUT2D eigenvalue weighted by Gasteiger charge is 2.25. The second kappa shape index (κ2) is 10.2. The van der Waals surface area contributed by atoms with E-state index in [1.54, 1.807) is 64.4 Å². The molecule has 1 amide bonds. The van der Waals surface area contributed by atoms with E-state index in [-0.39, 0.29) is 17.2 Å². The maximum atomic E-state index is 14.0. The summed E-state index contributed by atoms with van der Waals surface area (Å²) in [5.41, 5.74) is 2.82. The Balaban J connectivity index is 1.60. The zero-order valence-electron chi connectivity index (χ0n) is 19.8. The summed E-state index contributed by atoms with van der Waals surface area (Å²) in [7, 11) is 0. The highest BCUT2D eigenvalue weighted by atomic mass is 35.5. The van der Waals surface area contributed by atoms with Crippen molar-refractivity contribution in [3.8, 4) is 5.69 Å². The fourth-order valence-corrected chi connectivity index (χ4v) is 6.88. The maximum absolute atomic E-state index is 14.0. The van der Waals surface area contributed by atoms with Crippen molar-refractivity contribution in [3.05, 3.63) is 79.9 Å². The van der Waals surface area contributed by atoms with Crippen LogP contribution in [0, 0.1) is 0 Å². The molecule has 0 bridgehead atoms. The number of halogens is 1. The van der Waals surface area contributed by atoms with E-state index in [2.05, 4.69) is 5.32 Å². The van der Waals surface area contributed by atoms with Gasteiger partial charge in [-0.25, -0.2) is 4.98 Å². The predicted molar refractivity (Wildman–Crippen MR) is 147 cm³/mol. The van der Waals surface area contributed by atoms with Gasteiger partial charge in [-0.2, -0.15) is 0 Å². The number of thiophene rings is 1. The number of thioether (sulfide) groups is 1. The Morgan fingerprint density at radius 3 is 2.47 bits per heavy atom. The minimum Gasteiger partial charge on any atom is -0.326 e. The average Bonchev–Trinajstić information content (AvgIpc) is 3.23. The monoisotopic (exact) mass is 537 g/mol. The number of benzene rings is 2. The third-order valence-electron chi connectivity index (χ3n) is 6.18. The van der Waals surface area contributed by atoms with Gasteiger partial charge >= 0.3 is 0 Å². The summed E-state index contributed by atoms with van der Waals surface area (Å²) >= 11 is 8.84. The second-order valence-electron chi connectivity index (χ2n) is 8.79. The lowest BCUT2D eigenvalue weighted by molar-refractivity contribution is -0.114. The largest absolute Gasteiger partial charge is 0.326 e. The van der Waals surface area contributed by atoms with E-state index >= 15 is 0 Å². The van der Waals surface area contributed by atoms with Crippen LogP contribution in [-0.2, 0) is 17.6 Å². The molecule has 1 aliphatic rings. The Bertz CT molecular complexity index is 1530. The molecule has 0 radical (unpaired) electrons. The molecule has 0 aliphatic heterocycles. The van der Waals surface area contributed by atoms with Crippen LogP contribution in [0.4, 0.5) is 5.69 Å². The van der Waals surface area contributed by atoms with Crippen molar-refractivity contribution in [2.75, 3.05) is 5.32 Å². The van der Waals surface area contributed by atoms with E-state index < -0.39 is 5.25 Å². The lowest BCUT2D eigenvalue weighted by Crippen LogP contribution is -2.24. The van der Waals surface area contributed by atoms with Crippen LogP contribution in [0.5, 0.6) is 0 Å². The van der Waals surface area contributed by atoms with Crippen molar-refractivity contribution in [2.45, 2.75) is 49.9 Å². The summed E-state index contributed by atoms with van der Waals surface area (Å²) in [5.74, 6) is -0.234. The van der Waals surface area contributed by atoms with Crippen LogP contribution in [0.2, 0.25) is 5.02 Å². The van der Waals surface area contributed by atoms with E-state index in [1.807, 2.05) is 6.92 Å². The predicted octanol–water partition coefficient (Wildman–Crippen LogP) is 6.30. The molecule has 1 aliphatic carbocycles. The smallest absolute Gasteiger partial charge is 0.267 e. The van der Waals surface area contributed by atoms with Crippen LogP contribution in [0.1, 0.15) is 47.5 Å². The van der Waals surface area contributed by atoms with Crippen molar-refractivity contribution < 1.29 is 9.59 Å². The Hall–Kier alpha value is -2.94. The van der Waals surface area contributed by atoms with Crippen LogP contribution in [-0.4, -0.2) is 26.5 Å². The van der Waals surface area contributed by atoms with Gasteiger partial charge < -0.3 is 5.32 Å². The standard InChI is InChI=1S/C27H24ClN3O3S2/c1-15(24(33)17-7-9-18(28)10-8-17)35-27-30-25-23(21-5-3-4-6-22(21)36-25)26(34)31(27)20-13-11-19(12-14-20)29-16(2)32/h7-15H,3-6H2,1-2H3,(H,29,32)/t15-/m0/s1. The molecule has 184 valence electrons. The zero-order valence-corrected chi connectivity index (χ0v) is 22.2. The summed E-state index contributed by atoms with van der Waals surface area (Å²) < 4.78 is 1.60. The van der Waals surface area contributed by atoms with Crippen molar-refractivity contribution in [3.63, 3.8) is 0 Å². The molecule has 1 atom stereocenters. The van der Waals surface area contributed by atoms with E-state index in [0.717, 1.165) is 36.1 Å². The SMILES string of the molecule is CC(=O)Nc1ccc(-n2c(S[C@@H](C)C(=O)c3ccc(Cl)cc3)nc3sc4c(c3c2=O)CCCC4)cc1. The molecule has 0 fully saturated rings. The van der Waals surface area contributed by atoms with Crippen LogP contribution in [0.15, 0.2) is 58.5 Å². The summed E-state index contributed by atoms with van der Waals surface area (Å²) in [6.45, 7) is 3.27. The van der Waals surface area contributed by atoms with Gasteiger partial charge in [-0.1, -0.05) is 23.4 Å². The first kappa shape index (κ1) is 24.7. The molecule has 0 spiro atoms. The van der Waals surface area contributed by atoms with Gasteiger partial charge in [0.2, 0.25) is 5.91 Å². The highest BCUT2D eigenvalue weighted by molar-refractivity contribution is 8.00. The van der Waals surface area contributed by atoms with E-state index in [1.165, 1.54) is 23.6 Å². The number of amides is 1. The van der Waals surface area contributed by atoms with Gasteiger partial charge in [0.15, 0.2) is 10.9 Å². The quantitative estimate of drug-likeness (QED) is 0.177. The first-order chi connectivity index (χ1) is 17.3. The Labute approximate surface area is 221 Å². The number of rotatable bonds is 6. The van der Waals surface area contributed by atoms with Gasteiger partial charge in [0, 0.05) is 28.1 Å². The van der Waals surface area contributed by atoms with Crippen molar-refractivity contribution >= 4 is 62.3 Å². The second-order valence-corrected chi connectivity index (χ2v) is 11.6. The van der Waals surface area contributed by atoms with Crippen LogP contribution >= 0.6 is 34.7 Å². The Morgan fingerprint density at radius 1 is 1.08 bits per heavy atom. The van der Waals surface area contributed by atoms with Crippen LogP contribution in [0.25, 0.3) is 15.9 Å². The first-order valence-electron chi connectivity index (χ1n) is 11.7. The molecule has 6 nitrogen and oxygen atoms in total. The number of anilines is 1. The Kier molecular flexibility index (Phi) is 7.01. The molecule has 9 heteroatoms. The fraction of sp³-hybridized carbons (Fsp3) is 0.259. The molecule has 2 heterocycles. The van der Waals surface area contributed by atoms with E-state index in [4.69, 9.17) is 16.6 Å². The molecule has 2 aromatic carbocycles. The molecular formula is C27H24ClN3O3S2. The van der Waals surface area contributed by atoms with Crippen LogP contribution in [0.3, 0.4) is 0 Å². The third-order valence-corrected chi connectivity index (χ3v) is 8.67. The molecular weight excluding hydrogens is 514 g/mol. The van der Waals surface area contributed by atoms with Crippen molar-refractivity contribution in [1.29, 1.82) is 0 Å². The Morgan fingerprint density at radius 2 is 1.78 bits per heavy atom. The lowest BCUT2D eigenvalue weighted by Gasteiger charge is -2.16. The number of carbonyl (C=O) groups excluding carboxylic acids is 2. The van der Waals surface area contributed by atoms with Gasteiger partial charge in [0.05, 0.1) is 16.3 Å². The number of aromatic nitrogens is 2. The number of Topliss-reactive ketones (excluding diaryl/α,β-unsaturated/α-hetero) is 1. The zero-order chi connectivity index (χ0) is 25.4. The summed E-state index contributed by atoms with van der Waals surface area (Å²) in [4.78, 5) is 45.4. The lowest BCUT2D eigenvalue weighted by atomic mass is 9.97. The van der Waals surface area contributed by atoms with Crippen molar-refractivity contribution in [1.82, 2.24) is 9.55 Å². The van der Waals surface area contributed by atoms with Crippen molar-refractivity contribution in [2.24, 2.45) is 0 Å². The normalized spacial score (nSPS) is 13.9. The fourth-order valence-electron chi connectivity index (χ4n) is 4.45. The average molecular weight is 538 g/mol. The van der Waals surface area contributed by atoms with Gasteiger partial charge in [0.25, 0.3) is 5.56 Å². The molecule has 36 heavy (non-hydrogen) atoms. The first-order valence-corrected chi connectivity index (χ1v) is 13.8. The van der Waals surface area contributed by atoms with Gasteiger partial charge in [0.1, 0.15) is 4.83 Å². The topological polar surface area (TPSA) is 81.1 Å².